The molecule has 18 heavy (non-hydrogen) atoms. The highest BCUT2D eigenvalue weighted by molar-refractivity contribution is 5.36. The maximum Gasteiger partial charge on any atom is 0.134 e. The van der Waals surface area contributed by atoms with E-state index in [0.29, 0.717) is 0 Å². The summed E-state index contributed by atoms with van der Waals surface area (Å²) in [5.74, 6) is 0.910. The third kappa shape index (κ3) is 1.60. The van der Waals surface area contributed by atoms with E-state index in [-0.39, 0.29) is 0 Å². The second-order valence-corrected chi connectivity index (χ2v) is 4.91. The molecule has 0 fully saturated rings. The van der Waals surface area contributed by atoms with Crippen LogP contribution < -0.4 is 0 Å². The Morgan fingerprint density at radius 3 is 3.22 bits per heavy atom. The summed E-state index contributed by atoms with van der Waals surface area (Å²) in [4.78, 5) is 0. The molecule has 2 aromatic rings. The van der Waals surface area contributed by atoms with Crippen LogP contribution in [0.15, 0.2) is 29.0 Å². The van der Waals surface area contributed by atoms with Gasteiger partial charge in [0.25, 0.3) is 0 Å². The van der Waals surface area contributed by atoms with Crippen LogP contribution in [0.1, 0.15) is 43.2 Å². The molecule has 1 aliphatic rings. The van der Waals surface area contributed by atoms with Crippen LogP contribution >= 0.6 is 0 Å². The van der Waals surface area contributed by atoms with E-state index >= 15 is 0 Å². The molecule has 0 saturated carbocycles. The Labute approximate surface area is 106 Å². The van der Waals surface area contributed by atoms with Gasteiger partial charge in [-0.25, -0.2) is 0 Å². The van der Waals surface area contributed by atoms with Crippen LogP contribution in [0.25, 0.3) is 0 Å². The van der Waals surface area contributed by atoms with Gasteiger partial charge in [0.2, 0.25) is 0 Å². The number of hydrogen-bond acceptors (Lipinski definition) is 3. The van der Waals surface area contributed by atoms with Gasteiger partial charge in [0, 0.05) is 24.7 Å². The van der Waals surface area contributed by atoms with E-state index in [4.69, 9.17) is 4.42 Å². The SMILES string of the molecule is CCCn1nccc1C1(O)CCCc2occc21. The summed E-state index contributed by atoms with van der Waals surface area (Å²) in [6, 6.07) is 3.80. The van der Waals surface area contributed by atoms with Crippen LogP contribution in [0.5, 0.6) is 0 Å². The fourth-order valence-electron chi connectivity index (χ4n) is 2.88. The lowest BCUT2D eigenvalue weighted by molar-refractivity contribution is 0.0495. The number of fused-ring (bicyclic) bond motifs is 1. The highest BCUT2D eigenvalue weighted by Crippen LogP contribution is 2.40. The summed E-state index contributed by atoms with van der Waals surface area (Å²) >= 11 is 0. The summed E-state index contributed by atoms with van der Waals surface area (Å²) in [5.41, 5.74) is 0.852. The third-order valence-electron chi connectivity index (χ3n) is 3.71. The van der Waals surface area contributed by atoms with Gasteiger partial charge < -0.3 is 9.52 Å². The highest BCUT2D eigenvalue weighted by Gasteiger charge is 2.40. The van der Waals surface area contributed by atoms with Gasteiger partial charge in [0.1, 0.15) is 11.4 Å². The molecule has 0 spiro atoms. The minimum absolute atomic E-state index is 0.731. The first-order valence-electron chi connectivity index (χ1n) is 6.57. The molecule has 1 atom stereocenters. The number of rotatable bonds is 3. The molecule has 1 N–H and O–H groups in total. The van der Waals surface area contributed by atoms with Crippen LogP contribution in [-0.2, 0) is 18.6 Å². The summed E-state index contributed by atoms with van der Waals surface area (Å²) in [7, 11) is 0. The Morgan fingerprint density at radius 1 is 1.50 bits per heavy atom. The highest BCUT2D eigenvalue weighted by atomic mass is 16.3. The zero-order valence-electron chi connectivity index (χ0n) is 10.6. The minimum atomic E-state index is -0.938. The number of nitrogens with zero attached hydrogens (tertiary/aromatic N) is 2. The van der Waals surface area contributed by atoms with Crippen molar-refractivity contribution in [3.05, 3.63) is 41.6 Å². The lowest BCUT2D eigenvalue weighted by atomic mass is 9.80. The van der Waals surface area contributed by atoms with E-state index in [1.54, 1.807) is 12.5 Å². The van der Waals surface area contributed by atoms with Crippen molar-refractivity contribution in [3.8, 4) is 0 Å². The quantitative estimate of drug-likeness (QED) is 0.905. The van der Waals surface area contributed by atoms with E-state index in [9.17, 15) is 5.11 Å². The van der Waals surface area contributed by atoms with E-state index in [1.165, 1.54) is 0 Å². The first kappa shape index (κ1) is 11.5. The smallest absolute Gasteiger partial charge is 0.134 e. The van der Waals surface area contributed by atoms with Crippen LogP contribution in [0.3, 0.4) is 0 Å². The standard InChI is InChI=1S/C14H18N2O2/c1-2-9-16-13(5-8-15-16)14(17)7-3-4-12-11(14)6-10-18-12/h5-6,8,10,17H,2-4,7,9H2,1H3. The summed E-state index contributed by atoms with van der Waals surface area (Å²) in [6.45, 7) is 2.94. The molecular weight excluding hydrogens is 228 g/mol. The molecular formula is C14H18N2O2. The van der Waals surface area contributed by atoms with E-state index in [0.717, 1.165) is 49.2 Å². The Bertz CT molecular complexity index is 543. The average molecular weight is 246 g/mol. The Morgan fingerprint density at radius 2 is 2.39 bits per heavy atom. The number of aryl methyl sites for hydroxylation is 2. The minimum Gasteiger partial charge on any atom is -0.469 e. The second-order valence-electron chi connectivity index (χ2n) is 4.91. The average Bonchev–Trinajstić information content (AvgIpc) is 2.98. The van der Waals surface area contributed by atoms with Crippen molar-refractivity contribution < 1.29 is 9.52 Å². The predicted octanol–water partition coefficient (Wildman–Crippen LogP) is 2.46. The summed E-state index contributed by atoms with van der Waals surface area (Å²) in [6.07, 6.45) is 7.01. The van der Waals surface area contributed by atoms with Gasteiger partial charge in [-0.3, -0.25) is 4.68 Å². The first-order valence-corrected chi connectivity index (χ1v) is 6.57. The molecule has 0 saturated heterocycles. The van der Waals surface area contributed by atoms with Crippen LogP contribution in [0.2, 0.25) is 0 Å². The molecule has 3 rings (SSSR count). The van der Waals surface area contributed by atoms with Gasteiger partial charge in [-0.15, -0.1) is 0 Å². The van der Waals surface area contributed by atoms with Crippen LogP contribution in [0, 0.1) is 0 Å². The molecule has 0 radical (unpaired) electrons. The molecule has 4 nitrogen and oxygen atoms in total. The van der Waals surface area contributed by atoms with Crippen molar-refractivity contribution >= 4 is 0 Å². The molecule has 0 aliphatic heterocycles. The number of aromatic nitrogens is 2. The molecule has 96 valence electrons. The van der Waals surface area contributed by atoms with E-state index in [1.807, 2.05) is 16.8 Å². The Balaban J connectivity index is 2.08. The van der Waals surface area contributed by atoms with E-state index < -0.39 is 5.60 Å². The molecule has 2 heterocycles. The molecule has 0 amide bonds. The number of aliphatic hydroxyl groups is 1. The van der Waals surface area contributed by atoms with Gasteiger partial charge in [-0.1, -0.05) is 6.92 Å². The molecule has 1 aliphatic carbocycles. The fraction of sp³-hybridized carbons (Fsp3) is 0.500. The maximum atomic E-state index is 11.1. The van der Waals surface area contributed by atoms with E-state index in [2.05, 4.69) is 12.0 Å². The van der Waals surface area contributed by atoms with Crippen molar-refractivity contribution in [2.75, 3.05) is 0 Å². The first-order chi connectivity index (χ1) is 8.75. The number of furan rings is 1. The largest absolute Gasteiger partial charge is 0.469 e. The van der Waals surface area contributed by atoms with Gasteiger partial charge in [0.05, 0.1) is 12.0 Å². The zero-order chi connectivity index (χ0) is 12.6. The predicted molar refractivity (Wildman–Crippen MR) is 67.2 cm³/mol. The van der Waals surface area contributed by atoms with Crippen molar-refractivity contribution in [1.29, 1.82) is 0 Å². The monoisotopic (exact) mass is 246 g/mol. The van der Waals surface area contributed by atoms with Crippen molar-refractivity contribution in [3.63, 3.8) is 0 Å². The maximum absolute atomic E-state index is 11.1. The Hall–Kier alpha value is -1.55. The van der Waals surface area contributed by atoms with Crippen molar-refractivity contribution in [2.45, 2.75) is 44.8 Å². The summed E-state index contributed by atoms with van der Waals surface area (Å²) in [5, 5.41) is 15.4. The molecule has 0 bridgehead atoms. The van der Waals surface area contributed by atoms with Crippen molar-refractivity contribution in [1.82, 2.24) is 9.78 Å². The lowest BCUT2D eigenvalue weighted by Crippen LogP contribution is -2.33. The van der Waals surface area contributed by atoms with Crippen molar-refractivity contribution in [2.24, 2.45) is 0 Å². The second kappa shape index (κ2) is 4.28. The van der Waals surface area contributed by atoms with Gasteiger partial charge in [-0.05, 0) is 31.4 Å². The van der Waals surface area contributed by atoms with Gasteiger partial charge in [-0.2, -0.15) is 5.10 Å². The normalized spacial score (nSPS) is 23.0. The van der Waals surface area contributed by atoms with Gasteiger partial charge >= 0.3 is 0 Å². The third-order valence-corrected chi connectivity index (χ3v) is 3.71. The summed E-state index contributed by atoms with van der Waals surface area (Å²) < 4.78 is 7.36. The molecule has 0 aromatic carbocycles. The zero-order valence-corrected chi connectivity index (χ0v) is 10.6. The fourth-order valence-corrected chi connectivity index (χ4v) is 2.88. The number of hydrogen-bond donors (Lipinski definition) is 1. The molecule has 2 aromatic heterocycles. The molecule has 1 unspecified atom stereocenters. The Kier molecular flexibility index (Phi) is 2.74. The van der Waals surface area contributed by atoms with Crippen LogP contribution in [0.4, 0.5) is 0 Å². The topological polar surface area (TPSA) is 51.2 Å². The molecule has 4 heteroatoms. The van der Waals surface area contributed by atoms with Crippen LogP contribution in [-0.4, -0.2) is 14.9 Å². The van der Waals surface area contributed by atoms with Gasteiger partial charge in [0.15, 0.2) is 0 Å². The lowest BCUT2D eigenvalue weighted by Gasteiger charge is -2.32.